The lowest BCUT2D eigenvalue weighted by atomic mass is 9.78. The molecule has 0 aromatic heterocycles. The fourth-order valence-electron chi connectivity index (χ4n) is 4.63. The highest BCUT2D eigenvalue weighted by Gasteiger charge is 2.47. The van der Waals surface area contributed by atoms with Crippen molar-refractivity contribution in [1.29, 1.82) is 0 Å². The number of nitrogens with zero attached hydrogens (tertiary/aromatic N) is 1. The molecule has 9 heteroatoms. The summed E-state index contributed by atoms with van der Waals surface area (Å²) in [6.45, 7) is 0.0889. The van der Waals surface area contributed by atoms with Crippen molar-refractivity contribution in [3.05, 3.63) is 65.2 Å². The molecule has 2 atom stereocenters. The predicted octanol–water partition coefficient (Wildman–Crippen LogP) is 1.89. The minimum absolute atomic E-state index is 0.120. The zero-order valence-corrected chi connectivity index (χ0v) is 17.2. The standard InChI is InChI=1S/C23H22N4O5/c28-19(12-27-18(13-32-22(27)31)14-4-2-1-3-5-14)24-17-7-6-16-11-23(9-8-15(16)10-17)20(29)25-21(30)26-23/h1-7,10,18H,8-9,11-13H2,(H,24,28)(H2,25,26,29,30). The fraction of sp³-hybridized carbons (Fsp3) is 0.304. The Hall–Kier alpha value is -3.88. The summed E-state index contributed by atoms with van der Waals surface area (Å²) in [4.78, 5) is 50.1. The third-order valence-electron chi connectivity index (χ3n) is 6.29. The number of amides is 5. The highest BCUT2D eigenvalue weighted by Crippen LogP contribution is 2.33. The molecular formula is C23H22N4O5. The highest BCUT2D eigenvalue weighted by atomic mass is 16.6. The van der Waals surface area contributed by atoms with Crippen LogP contribution in [0.2, 0.25) is 0 Å². The number of fused-ring (bicyclic) bond motifs is 1. The topological polar surface area (TPSA) is 117 Å². The Kier molecular flexibility index (Phi) is 4.80. The number of imide groups is 1. The van der Waals surface area contributed by atoms with E-state index in [2.05, 4.69) is 16.0 Å². The van der Waals surface area contributed by atoms with Crippen molar-refractivity contribution in [1.82, 2.24) is 15.5 Å². The number of carbonyl (C=O) groups excluding carboxylic acids is 4. The zero-order valence-electron chi connectivity index (χ0n) is 17.2. The van der Waals surface area contributed by atoms with Crippen molar-refractivity contribution in [2.24, 2.45) is 0 Å². The number of aryl methyl sites for hydroxylation is 1. The number of anilines is 1. The first-order chi connectivity index (χ1) is 15.4. The summed E-state index contributed by atoms with van der Waals surface area (Å²) in [7, 11) is 0. The Balaban J connectivity index is 1.26. The van der Waals surface area contributed by atoms with E-state index in [1.54, 1.807) is 6.07 Å². The molecule has 32 heavy (non-hydrogen) atoms. The van der Waals surface area contributed by atoms with Gasteiger partial charge >= 0.3 is 12.1 Å². The first-order valence-corrected chi connectivity index (χ1v) is 10.5. The third kappa shape index (κ3) is 3.55. The molecule has 164 valence electrons. The number of carbonyl (C=O) groups is 4. The molecule has 3 N–H and O–H groups in total. The monoisotopic (exact) mass is 434 g/mol. The third-order valence-corrected chi connectivity index (χ3v) is 6.29. The molecule has 9 nitrogen and oxygen atoms in total. The van der Waals surface area contributed by atoms with Crippen LogP contribution in [0.25, 0.3) is 0 Å². The predicted molar refractivity (Wildman–Crippen MR) is 114 cm³/mol. The van der Waals surface area contributed by atoms with Gasteiger partial charge in [0.2, 0.25) is 5.91 Å². The van der Waals surface area contributed by atoms with Crippen molar-refractivity contribution >= 4 is 29.6 Å². The summed E-state index contributed by atoms with van der Waals surface area (Å²) in [6, 6.07) is 14.2. The van der Waals surface area contributed by atoms with Crippen LogP contribution >= 0.6 is 0 Å². The first kappa shape index (κ1) is 20.0. The molecular weight excluding hydrogens is 412 g/mol. The smallest absolute Gasteiger partial charge is 0.410 e. The first-order valence-electron chi connectivity index (χ1n) is 10.5. The van der Waals surface area contributed by atoms with Gasteiger partial charge in [0.25, 0.3) is 5.91 Å². The highest BCUT2D eigenvalue weighted by molar-refractivity contribution is 6.07. The molecule has 5 rings (SSSR count). The lowest BCUT2D eigenvalue weighted by molar-refractivity contribution is -0.124. The Labute approximate surface area is 184 Å². The van der Waals surface area contributed by atoms with E-state index in [1.807, 2.05) is 42.5 Å². The van der Waals surface area contributed by atoms with Crippen LogP contribution in [0.4, 0.5) is 15.3 Å². The van der Waals surface area contributed by atoms with Crippen LogP contribution in [0.5, 0.6) is 0 Å². The van der Waals surface area contributed by atoms with Crippen molar-refractivity contribution in [2.75, 3.05) is 18.5 Å². The molecule has 2 fully saturated rings. The average Bonchev–Trinajstić information content (AvgIpc) is 3.27. The summed E-state index contributed by atoms with van der Waals surface area (Å²) in [5.41, 5.74) is 2.62. The number of benzene rings is 2. The number of cyclic esters (lactones) is 1. The van der Waals surface area contributed by atoms with Crippen LogP contribution < -0.4 is 16.0 Å². The van der Waals surface area contributed by atoms with Crippen LogP contribution in [0.3, 0.4) is 0 Å². The van der Waals surface area contributed by atoms with E-state index in [0.29, 0.717) is 24.9 Å². The van der Waals surface area contributed by atoms with Crippen molar-refractivity contribution in [3.8, 4) is 0 Å². The summed E-state index contributed by atoms with van der Waals surface area (Å²) < 4.78 is 5.16. The Bertz CT molecular complexity index is 1120. The molecule has 2 aliphatic heterocycles. The van der Waals surface area contributed by atoms with Crippen LogP contribution in [0, 0.1) is 0 Å². The van der Waals surface area contributed by atoms with Crippen molar-refractivity contribution in [3.63, 3.8) is 0 Å². The number of rotatable bonds is 4. The van der Waals surface area contributed by atoms with E-state index in [0.717, 1.165) is 16.7 Å². The van der Waals surface area contributed by atoms with E-state index in [9.17, 15) is 19.2 Å². The second-order valence-corrected chi connectivity index (χ2v) is 8.33. The maximum absolute atomic E-state index is 12.7. The molecule has 0 radical (unpaired) electrons. The van der Waals surface area contributed by atoms with Crippen LogP contribution in [-0.2, 0) is 27.2 Å². The second kappa shape index (κ2) is 7.67. The summed E-state index contributed by atoms with van der Waals surface area (Å²) in [5.74, 6) is -0.615. The van der Waals surface area contributed by atoms with Crippen molar-refractivity contribution < 1.29 is 23.9 Å². The largest absolute Gasteiger partial charge is 0.447 e. The van der Waals surface area contributed by atoms with Gasteiger partial charge in [0, 0.05) is 12.1 Å². The summed E-state index contributed by atoms with van der Waals surface area (Å²) in [5, 5.41) is 7.91. The molecule has 0 saturated carbocycles. The Morgan fingerprint density at radius 2 is 1.94 bits per heavy atom. The summed E-state index contributed by atoms with van der Waals surface area (Å²) in [6.07, 6.45) is 0.989. The normalized spacial score (nSPS) is 24.1. The minimum Gasteiger partial charge on any atom is -0.447 e. The van der Waals surface area contributed by atoms with Crippen LogP contribution in [0.1, 0.15) is 29.2 Å². The zero-order chi connectivity index (χ0) is 22.3. The van der Waals surface area contributed by atoms with Gasteiger partial charge in [0.1, 0.15) is 18.7 Å². The molecule has 2 saturated heterocycles. The van der Waals surface area contributed by atoms with E-state index < -0.39 is 17.7 Å². The van der Waals surface area contributed by atoms with Gasteiger partial charge in [-0.3, -0.25) is 19.8 Å². The minimum atomic E-state index is -0.891. The lowest BCUT2D eigenvalue weighted by Crippen LogP contribution is -2.51. The molecule has 0 bridgehead atoms. The van der Waals surface area contributed by atoms with Crippen molar-refractivity contribution in [2.45, 2.75) is 30.8 Å². The Morgan fingerprint density at radius 1 is 1.12 bits per heavy atom. The second-order valence-electron chi connectivity index (χ2n) is 8.33. The van der Waals surface area contributed by atoms with Gasteiger partial charge in [-0.2, -0.15) is 0 Å². The quantitative estimate of drug-likeness (QED) is 0.636. The SMILES string of the molecule is O=C(CN1C(=O)OCC1c1ccccc1)Nc1ccc2c(c1)CCC1(C2)NC(=O)NC1=O. The van der Waals surface area contributed by atoms with E-state index in [4.69, 9.17) is 4.74 Å². The van der Waals surface area contributed by atoms with E-state index >= 15 is 0 Å². The van der Waals surface area contributed by atoms with E-state index in [1.165, 1.54) is 4.90 Å². The number of urea groups is 1. The maximum Gasteiger partial charge on any atom is 0.410 e. The van der Waals surface area contributed by atoms with Gasteiger partial charge in [0.15, 0.2) is 0 Å². The molecule has 1 spiro atoms. The van der Waals surface area contributed by atoms with Gasteiger partial charge in [0.05, 0.1) is 6.04 Å². The van der Waals surface area contributed by atoms with Gasteiger partial charge in [-0.15, -0.1) is 0 Å². The van der Waals surface area contributed by atoms with Crippen LogP contribution in [-0.4, -0.2) is 47.5 Å². The molecule has 1 aliphatic carbocycles. The molecule has 5 amide bonds. The molecule has 2 aromatic rings. The molecule has 3 aliphatic rings. The van der Waals surface area contributed by atoms with Gasteiger partial charge < -0.3 is 15.4 Å². The van der Waals surface area contributed by atoms with Gasteiger partial charge in [-0.05, 0) is 41.7 Å². The number of ether oxygens (including phenoxy) is 1. The lowest BCUT2D eigenvalue weighted by Gasteiger charge is -2.32. The summed E-state index contributed by atoms with van der Waals surface area (Å²) >= 11 is 0. The van der Waals surface area contributed by atoms with Gasteiger partial charge in [-0.1, -0.05) is 36.4 Å². The van der Waals surface area contributed by atoms with Crippen LogP contribution in [0.15, 0.2) is 48.5 Å². The average molecular weight is 434 g/mol. The number of hydrogen-bond acceptors (Lipinski definition) is 5. The molecule has 2 aromatic carbocycles. The molecule has 2 heterocycles. The van der Waals surface area contributed by atoms with E-state index in [-0.39, 0.29) is 31.0 Å². The molecule has 2 unspecified atom stereocenters. The maximum atomic E-state index is 12.7. The number of nitrogens with one attached hydrogen (secondary N) is 3. The fourth-order valence-corrected chi connectivity index (χ4v) is 4.63. The number of hydrogen-bond donors (Lipinski definition) is 3. The van der Waals surface area contributed by atoms with Gasteiger partial charge in [-0.25, -0.2) is 9.59 Å². The Morgan fingerprint density at radius 3 is 2.69 bits per heavy atom.